The number of hydrogen-bond donors (Lipinski definition) is 2. The van der Waals surface area contributed by atoms with Crippen LogP contribution in [-0.2, 0) is 14.8 Å². The molecule has 34 heavy (non-hydrogen) atoms. The maximum Gasteiger partial charge on any atom is 0.266 e. The molecule has 0 radical (unpaired) electrons. The van der Waals surface area contributed by atoms with Crippen molar-refractivity contribution < 1.29 is 26.7 Å². The van der Waals surface area contributed by atoms with Gasteiger partial charge in [-0.2, -0.15) is 4.37 Å². The second-order valence-electron chi connectivity index (χ2n) is 7.34. The van der Waals surface area contributed by atoms with Crippen molar-refractivity contribution in [1.29, 1.82) is 0 Å². The number of benzene rings is 2. The predicted octanol–water partition coefficient (Wildman–Crippen LogP) is 3.23. The van der Waals surface area contributed by atoms with Crippen LogP contribution in [0.2, 0.25) is 0 Å². The van der Waals surface area contributed by atoms with Gasteiger partial charge in [-0.25, -0.2) is 22.2 Å². The van der Waals surface area contributed by atoms with Crippen molar-refractivity contribution in [1.82, 2.24) is 19.7 Å². The van der Waals surface area contributed by atoms with Gasteiger partial charge in [-0.15, -0.1) is 0 Å². The SMILES string of the molecule is O=S(=O)(Nc1ncns1)c1cc(F)c(OC2OCCNC2c2ccc3cnccc3c2)cc1F. The number of morpholine rings is 1. The maximum atomic E-state index is 14.8. The summed E-state index contributed by atoms with van der Waals surface area (Å²) in [5, 5.41) is 5.10. The van der Waals surface area contributed by atoms with Crippen molar-refractivity contribution in [3.8, 4) is 5.75 Å². The van der Waals surface area contributed by atoms with E-state index in [2.05, 4.69) is 24.4 Å². The first-order valence-electron chi connectivity index (χ1n) is 10.0. The molecule has 2 unspecified atom stereocenters. The van der Waals surface area contributed by atoms with Crippen LogP contribution in [0.5, 0.6) is 5.75 Å². The Hall–Kier alpha value is -3.26. The van der Waals surface area contributed by atoms with Crippen molar-refractivity contribution in [3.63, 3.8) is 0 Å². The average Bonchev–Trinajstić information content (AvgIpc) is 3.33. The Bertz CT molecular complexity index is 1440. The second-order valence-corrected chi connectivity index (χ2v) is 9.77. The molecule has 1 aliphatic rings. The average molecular weight is 506 g/mol. The molecule has 0 aliphatic carbocycles. The van der Waals surface area contributed by atoms with Crippen LogP contribution < -0.4 is 14.8 Å². The van der Waals surface area contributed by atoms with Gasteiger partial charge in [-0.05, 0) is 23.1 Å². The summed E-state index contributed by atoms with van der Waals surface area (Å²) >= 11 is 0.760. The number of sulfonamides is 1. The third-order valence-electron chi connectivity index (χ3n) is 5.15. The Morgan fingerprint density at radius 2 is 2.03 bits per heavy atom. The summed E-state index contributed by atoms with van der Waals surface area (Å²) in [6.07, 6.45) is 3.57. The van der Waals surface area contributed by atoms with Gasteiger partial charge in [-0.3, -0.25) is 9.71 Å². The number of halogens is 2. The molecule has 9 nitrogen and oxygen atoms in total. The molecule has 0 amide bonds. The zero-order chi connectivity index (χ0) is 23.7. The van der Waals surface area contributed by atoms with Crippen LogP contribution in [0.25, 0.3) is 10.8 Å². The van der Waals surface area contributed by atoms with Crippen molar-refractivity contribution >= 4 is 37.5 Å². The first kappa shape index (κ1) is 22.5. The lowest BCUT2D eigenvalue weighted by atomic mass is 10.0. The standard InChI is InChI=1S/C21H17F2N5O4S2/c22-15-9-18(34(29,30)28-21-26-11-27-33-21)16(23)8-17(15)32-20-19(25-5-6-31-20)13-1-2-14-10-24-4-3-12(14)7-13/h1-4,7-11,19-20,25H,5-6H2,(H,26,27,28). The Balaban J connectivity index is 1.41. The fraction of sp³-hybridized carbons (Fsp3) is 0.190. The van der Waals surface area contributed by atoms with Crippen molar-refractivity contribution in [3.05, 3.63) is 72.3 Å². The minimum atomic E-state index is -4.42. The molecule has 2 N–H and O–H groups in total. The summed E-state index contributed by atoms with van der Waals surface area (Å²) in [5.74, 6) is -2.72. The first-order chi connectivity index (χ1) is 16.4. The van der Waals surface area contributed by atoms with Gasteiger partial charge in [-0.1, -0.05) is 12.1 Å². The van der Waals surface area contributed by atoms with Gasteiger partial charge in [0.25, 0.3) is 10.0 Å². The molecule has 1 aliphatic heterocycles. The molecule has 1 saturated heterocycles. The van der Waals surface area contributed by atoms with Crippen LogP contribution in [-0.4, -0.2) is 42.2 Å². The van der Waals surface area contributed by atoms with Crippen LogP contribution in [0.4, 0.5) is 13.9 Å². The molecular weight excluding hydrogens is 488 g/mol. The molecule has 4 aromatic rings. The van der Waals surface area contributed by atoms with Crippen LogP contribution in [0, 0.1) is 11.6 Å². The summed E-state index contributed by atoms with van der Waals surface area (Å²) in [7, 11) is -4.42. The van der Waals surface area contributed by atoms with E-state index in [9.17, 15) is 17.2 Å². The van der Waals surface area contributed by atoms with E-state index < -0.39 is 44.6 Å². The molecule has 3 heterocycles. The largest absolute Gasteiger partial charge is 0.460 e. The Kier molecular flexibility index (Phi) is 6.08. The minimum Gasteiger partial charge on any atom is -0.460 e. The number of hydrogen-bond acceptors (Lipinski definition) is 9. The third kappa shape index (κ3) is 4.55. The fourth-order valence-electron chi connectivity index (χ4n) is 3.57. The van der Waals surface area contributed by atoms with E-state index in [0.717, 1.165) is 34.2 Å². The van der Waals surface area contributed by atoms with Crippen molar-refractivity contribution in [2.45, 2.75) is 17.2 Å². The van der Waals surface area contributed by atoms with Crippen LogP contribution in [0.1, 0.15) is 11.6 Å². The molecule has 0 saturated carbocycles. The number of nitrogens with one attached hydrogen (secondary N) is 2. The van der Waals surface area contributed by atoms with Crippen LogP contribution >= 0.6 is 11.5 Å². The van der Waals surface area contributed by atoms with E-state index in [4.69, 9.17) is 9.47 Å². The van der Waals surface area contributed by atoms with Gasteiger partial charge in [0.1, 0.15) is 17.0 Å². The maximum absolute atomic E-state index is 14.8. The van der Waals surface area contributed by atoms with Crippen molar-refractivity contribution in [2.75, 3.05) is 17.9 Å². The van der Waals surface area contributed by atoms with E-state index >= 15 is 0 Å². The smallest absolute Gasteiger partial charge is 0.266 e. The molecule has 2 atom stereocenters. The Morgan fingerprint density at radius 1 is 1.15 bits per heavy atom. The molecular formula is C21H17F2N5O4S2. The highest BCUT2D eigenvalue weighted by molar-refractivity contribution is 7.93. The van der Waals surface area contributed by atoms with Gasteiger partial charge < -0.3 is 14.8 Å². The number of nitrogens with zero attached hydrogens (tertiary/aromatic N) is 3. The summed E-state index contributed by atoms with van der Waals surface area (Å²) in [6, 6.07) is 8.34. The highest BCUT2D eigenvalue weighted by Crippen LogP contribution is 2.31. The fourth-order valence-corrected chi connectivity index (χ4v) is 5.31. The van der Waals surface area contributed by atoms with E-state index in [-0.39, 0.29) is 5.13 Å². The number of ether oxygens (including phenoxy) is 2. The lowest BCUT2D eigenvalue weighted by molar-refractivity contribution is -0.125. The highest BCUT2D eigenvalue weighted by Gasteiger charge is 2.31. The minimum absolute atomic E-state index is 0.0733. The Morgan fingerprint density at radius 3 is 2.85 bits per heavy atom. The van der Waals surface area contributed by atoms with E-state index in [1.807, 2.05) is 24.3 Å². The lowest BCUT2D eigenvalue weighted by Crippen LogP contribution is -2.45. The lowest BCUT2D eigenvalue weighted by Gasteiger charge is -2.33. The Labute approximate surface area is 197 Å². The monoisotopic (exact) mass is 505 g/mol. The predicted molar refractivity (Wildman–Crippen MR) is 120 cm³/mol. The molecule has 0 bridgehead atoms. The van der Waals surface area contributed by atoms with Gasteiger partial charge in [0.05, 0.1) is 12.6 Å². The van der Waals surface area contributed by atoms with Gasteiger partial charge in [0.2, 0.25) is 11.4 Å². The molecule has 2 aromatic heterocycles. The number of pyridine rings is 1. The topological polar surface area (TPSA) is 115 Å². The molecule has 1 fully saturated rings. The van der Waals surface area contributed by atoms with E-state index in [1.165, 1.54) is 0 Å². The number of anilines is 1. The summed E-state index contributed by atoms with van der Waals surface area (Å²) in [4.78, 5) is 6.89. The normalized spacial score (nSPS) is 18.6. The zero-order valence-corrected chi connectivity index (χ0v) is 18.9. The second kappa shape index (κ2) is 9.18. The number of rotatable bonds is 6. The molecule has 176 valence electrons. The summed E-state index contributed by atoms with van der Waals surface area (Å²) in [6.45, 7) is 0.825. The van der Waals surface area contributed by atoms with Crippen LogP contribution in [0.3, 0.4) is 0 Å². The van der Waals surface area contributed by atoms with E-state index in [1.54, 1.807) is 12.4 Å². The molecule has 0 spiro atoms. The van der Waals surface area contributed by atoms with Gasteiger partial charge in [0, 0.05) is 48.0 Å². The molecule has 13 heteroatoms. The molecule has 5 rings (SSSR count). The zero-order valence-electron chi connectivity index (χ0n) is 17.3. The quantitative estimate of drug-likeness (QED) is 0.411. The van der Waals surface area contributed by atoms with E-state index in [0.29, 0.717) is 25.3 Å². The third-order valence-corrected chi connectivity index (χ3v) is 7.21. The van der Waals surface area contributed by atoms with Gasteiger partial charge in [0.15, 0.2) is 11.6 Å². The highest BCUT2D eigenvalue weighted by atomic mass is 32.2. The number of aromatic nitrogens is 3. The molecule has 2 aromatic carbocycles. The van der Waals surface area contributed by atoms with Crippen molar-refractivity contribution in [2.24, 2.45) is 0 Å². The summed E-state index contributed by atoms with van der Waals surface area (Å²) < 4.78 is 71.6. The number of fused-ring (bicyclic) bond motifs is 1. The van der Waals surface area contributed by atoms with Gasteiger partial charge >= 0.3 is 0 Å². The summed E-state index contributed by atoms with van der Waals surface area (Å²) in [5.41, 5.74) is 0.824. The van der Waals surface area contributed by atoms with Crippen LogP contribution in [0.15, 0.2) is 60.0 Å². The first-order valence-corrected chi connectivity index (χ1v) is 12.3.